The number of nitrogens with one attached hydrogen (secondary N) is 1. The third kappa shape index (κ3) is 2.99. The summed E-state index contributed by atoms with van der Waals surface area (Å²) in [5.74, 6) is -0.0988. The van der Waals surface area contributed by atoms with Gasteiger partial charge in [-0.3, -0.25) is 4.79 Å². The molecule has 1 fully saturated rings. The fourth-order valence-corrected chi connectivity index (χ4v) is 3.77. The van der Waals surface area contributed by atoms with Crippen molar-refractivity contribution in [3.8, 4) is 5.75 Å². The van der Waals surface area contributed by atoms with Crippen LogP contribution in [0.4, 0.5) is 5.69 Å². The maximum atomic E-state index is 12.3. The summed E-state index contributed by atoms with van der Waals surface area (Å²) in [5.41, 5.74) is 3.53. The molecule has 6 heteroatoms. The van der Waals surface area contributed by atoms with Gasteiger partial charge in [-0.25, -0.2) is 4.99 Å². The Balaban J connectivity index is 1.68. The predicted molar refractivity (Wildman–Crippen MR) is 107 cm³/mol. The molecule has 5 nitrogen and oxygen atoms in total. The number of carbonyl (C=O) groups excluding carboxylic acids is 1. The summed E-state index contributed by atoms with van der Waals surface area (Å²) in [6.45, 7) is 1.93. The van der Waals surface area contributed by atoms with Gasteiger partial charge in [-0.2, -0.15) is 0 Å². The summed E-state index contributed by atoms with van der Waals surface area (Å²) in [5, 5.41) is 14.3. The van der Waals surface area contributed by atoms with E-state index in [1.165, 1.54) is 11.8 Å². The summed E-state index contributed by atoms with van der Waals surface area (Å²) < 4.78 is 2.04. The van der Waals surface area contributed by atoms with Gasteiger partial charge in [0.15, 0.2) is 5.17 Å². The Bertz CT molecular complexity index is 1100. The zero-order valence-electron chi connectivity index (χ0n) is 14.4. The molecular weight excluding hydrogens is 346 g/mol. The van der Waals surface area contributed by atoms with E-state index in [-0.39, 0.29) is 11.7 Å². The zero-order chi connectivity index (χ0) is 18.3. The lowest BCUT2D eigenvalue weighted by atomic mass is 10.1. The van der Waals surface area contributed by atoms with Gasteiger partial charge in [-0.15, -0.1) is 0 Å². The number of amidine groups is 1. The molecule has 26 heavy (non-hydrogen) atoms. The third-order valence-corrected chi connectivity index (χ3v) is 5.13. The lowest BCUT2D eigenvalue weighted by Gasteiger charge is -2.01. The Morgan fingerprint density at radius 3 is 2.88 bits per heavy atom. The molecule has 1 aliphatic rings. The van der Waals surface area contributed by atoms with Crippen molar-refractivity contribution in [2.24, 2.45) is 12.0 Å². The van der Waals surface area contributed by atoms with Crippen LogP contribution in [0.15, 0.2) is 58.6 Å². The molecule has 2 heterocycles. The predicted octanol–water partition coefficient (Wildman–Crippen LogP) is 4.08. The number of phenolic OH excluding ortho intramolecular Hbond substituents is 1. The maximum Gasteiger partial charge on any atom is 0.264 e. The number of aromatic nitrogens is 1. The molecule has 0 bridgehead atoms. The Morgan fingerprint density at radius 1 is 1.23 bits per heavy atom. The number of hydrogen-bond acceptors (Lipinski definition) is 4. The molecule has 1 amide bonds. The average molecular weight is 363 g/mol. The molecule has 0 unspecified atom stereocenters. The fraction of sp³-hybridized carbons (Fsp3) is 0.100. The molecule has 0 radical (unpaired) electrons. The average Bonchev–Trinajstić information content (AvgIpc) is 3.12. The number of phenols is 1. The van der Waals surface area contributed by atoms with Crippen molar-refractivity contribution in [1.82, 2.24) is 9.88 Å². The second-order valence-corrected chi connectivity index (χ2v) is 7.22. The highest BCUT2D eigenvalue weighted by molar-refractivity contribution is 8.18. The summed E-state index contributed by atoms with van der Waals surface area (Å²) in [6.07, 6.45) is 3.88. The van der Waals surface area contributed by atoms with E-state index < -0.39 is 0 Å². The van der Waals surface area contributed by atoms with Crippen molar-refractivity contribution < 1.29 is 9.90 Å². The van der Waals surface area contributed by atoms with Crippen LogP contribution in [0.25, 0.3) is 17.0 Å². The van der Waals surface area contributed by atoms with Gasteiger partial charge in [0.25, 0.3) is 5.91 Å². The number of para-hydroxylation sites is 1. The van der Waals surface area contributed by atoms with Crippen LogP contribution in [0.2, 0.25) is 0 Å². The first-order chi connectivity index (χ1) is 12.5. The number of aryl methyl sites for hydroxylation is 2. The van der Waals surface area contributed by atoms with Crippen LogP contribution in [-0.2, 0) is 11.8 Å². The second kappa shape index (κ2) is 6.38. The zero-order valence-corrected chi connectivity index (χ0v) is 15.2. The van der Waals surface area contributed by atoms with Crippen LogP contribution in [0.1, 0.15) is 11.1 Å². The van der Waals surface area contributed by atoms with Gasteiger partial charge in [0.1, 0.15) is 11.4 Å². The molecule has 0 aliphatic carbocycles. The highest BCUT2D eigenvalue weighted by atomic mass is 32.2. The number of rotatable bonds is 2. The van der Waals surface area contributed by atoms with E-state index in [4.69, 9.17) is 0 Å². The smallest absolute Gasteiger partial charge is 0.264 e. The summed E-state index contributed by atoms with van der Waals surface area (Å²) in [7, 11) is 1.99. The molecule has 1 saturated heterocycles. The Kier molecular flexibility index (Phi) is 4.05. The summed E-state index contributed by atoms with van der Waals surface area (Å²) in [6, 6.07) is 13.3. The first-order valence-corrected chi connectivity index (χ1v) is 8.96. The number of aliphatic imine (C=N–C) groups is 1. The van der Waals surface area contributed by atoms with Crippen molar-refractivity contribution in [2.75, 3.05) is 0 Å². The summed E-state index contributed by atoms with van der Waals surface area (Å²) in [4.78, 5) is 17.3. The summed E-state index contributed by atoms with van der Waals surface area (Å²) >= 11 is 1.27. The molecule has 0 saturated carbocycles. The van der Waals surface area contributed by atoms with E-state index in [0.717, 1.165) is 22.0 Å². The number of amides is 1. The van der Waals surface area contributed by atoms with Crippen LogP contribution < -0.4 is 5.32 Å². The molecule has 2 N–H and O–H groups in total. The topological polar surface area (TPSA) is 66.6 Å². The van der Waals surface area contributed by atoms with Crippen molar-refractivity contribution in [3.63, 3.8) is 0 Å². The molecule has 4 rings (SSSR count). The largest absolute Gasteiger partial charge is 0.506 e. The number of nitrogens with zero attached hydrogens (tertiary/aromatic N) is 2. The van der Waals surface area contributed by atoms with Crippen LogP contribution in [-0.4, -0.2) is 20.7 Å². The van der Waals surface area contributed by atoms with Gasteiger partial charge in [0.2, 0.25) is 0 Å². The number of hydrogen-bond donors (Lipinski definition) is 2. The van der Waals surface area contributed by atoms with Gasteiger partial charge in [0, 0.05) is 29.7 Å². The van der Waals surface area contributed by atoms with E-state index in [0.29, 0.717) is 15.8 Å². The van der Waals surface area contributed by atoms with Crippen LogP contribution in [0.3, 0.4) is 0 Å². The van der Waals surface area contributed by atoms with Crippen molar-refractivity contribution >= 4 is 45.5 Å². The van der Waals surface area contributed by atoms with Crippen LogP contribution >= 0.6 is 11.8 Å². The van der Waals surface area contributed by atoms with Gasteiger partial charge >= 0.3 is 0 Å². The van der Waals surface area contributed by atoms with Crippen molar-refractivity contribution in [2.45, 2.75) is 6.92 Å². The number of thioether (sulfide) groups is 1. The Hall–Kier alpha value is -2.99. The number of aromatic hydroxyl groups is 1. The van der Waals surface area contributed by atoms with E-state index in [2.05, 4.69) is 10.3 Å². The van der Waals surface area contributed by atoms with E-state index >= 15 is 0 Å². The SMILES string of the molecule is Cc1ccc(O)c(N=C2NC(=O)/C(=C/c3cn(C)c4ccccc34)S2)c1. The second-order valence-electron chi connectivity index (χ2n) is 6.19. The highest BCUT2D eigenvalue weighted by Gasteiger charge is 2.24. The van der Waals surface area contributed by atoms with Crippen LogP contribution in [0.5, 0.6) is 5.75 Å². The van der Waals surface area contributed by atoms with Gasteiger partial charge in [-0.05, 0) is 48.5 Å². The van der Waals surface area contributed by atoms with E-state index in [9.17, 15) is 9.90 Å². The quantitative estimate of drug-likeness (QED) is 0.674. The molecule has 0 atom stereocenters. The fourth-order valence-electron chi connectivity index (χ4n) is 2.94. The first-order valence-electron chi connectivity index (χ1n) is 8.14. The normalized spacial score (nSPS) is 17.4. The number of carbonyl (C=O) groups is 1. The van der Waals surface area contributed by atoms with Crippen LogP contribution in [0, 0.1) is 6.92 Å². The maximum absolute atomic E-state index is 12.3. The molecular formula is C20H17N3O2S. The van der Waals surface area contributed by atoms with E-state index in [1.807, 2.05) is 61.1 Å². The van der Waals surface area contributed by atoms with Crippen molar-refractivity contribution in [3.05, 3.63) is 64.7 Å². The number of fused-ring (bicyclic) bond motifs is 1. The molecule has 2 aromatic carbocycles. The minimum Gasteiger partial charge on any atom is -0.506 e. The standard InChI is InChI=1S/C20H17N3O2S/c1-12-7-8-17(24)15(9-12)21-20-22-19(25)18(26-20)10-13-11-23(2)16-6-4-3-5-14(13)16/h3-11,24H,1-2H3,(H,21,22,25)/b18-10-. The van der Waals surface area contributed by atoms with Crippen molar-refractivity contribution in [1.29, 1.82) is 0 Å². The van der Waals surface area contributed by atoms with Gasteiger partial charge < -0.3 is 15.0 Å². The van der Waals surface area contributed by atoms with Gasteiger partial charge in [-0.1, -0.05) is 24.3 Å². The first kappa shape index (κ1) is 16.5. The minimum atomic E-state index is -0.186. The molecule has 1 aromatic heterocycles. The monoisotopic (exact) mass is 363 g/mol. The molecule has 130 valence electrons. The Morgan fingerprint density at radius 2 is 2.04 bits per heavy atom. The van der Waals surface area contributed by atoms with E-state index in [1.54, 1.807) is 12.1 Å². The van der Waals surface area contributed by atoms with Gasteiger partial charge in [0.05, 0.1) is 4.91 Å². The third-order valence-electron chi connectivity index (χ3n) is 4.22. The lowest BCUT2D eigenvalue weighted by Crippen LogP contribution is -2.19. The highest BCUT2D eigenvalue weighted by Crippen LogP contribution is 2.33. The Labute approximate surface area is 155 Å². The molecule has 3 aromatic rings. The molecule has 1 aliphatic heterocycles. The molecule has 0 spiro atoms. The minimum absolute atomic E-state index is 0.0874. The lowest BCUT2D eigenvalue weighted by molar-refractivity contribution is -0.115. The number of benzene rings is 2.